The van der Waals surface area contributed by atoms with E-state index in [1.165, 1.54) is 24.2 Å². The van der Waals surface area contributed by atoms with Crippen LogP contribution in [0.4, 0.5) is 0 Å². The fraction of sp³-hybridized carbons (Fsp3) is 0.474. The number of nitrogens with one attached hydrogen (secondary N) is 1. The summed E-state index contributed by atoms with van der Waals surface area (Å²) in [5, 5.41) is 13.0. The van der Waals surface area contributed by atoms with Crippen molar-refractivity contribution in [2.24, 2.45) is 5.92 Å². The molecular formula is C19H21N3O2S. The van der Waals surface area contributed by atoms with Gasteiger partial charge in [-0.25, -0.2) is 0 Å². The maximum atomic E-state index is 12.7. The standard InChI is InChI=1S/C19H21N3O2S/c1-12-18(13-4-6-22(12)7-5-13)21-19(24)16-10-17-14(11-20-16)9-15(25-17)3-2-8-23/h9-13,18,23H,4-8H2,1H3,(H,21,24)/t12-,18-/m0/s1. The van der Waals surface area contributed by atoms with Gasteiger partial charge in [0.2, 0.25) is 0 Å². The van der Waals surface area contributed by atoms with Crippen LogP contribution in [0.1, 0.15) is 35.1 Å². The highest BCUT2D eigenvalue weighted by Crippen LogP contribution is 2.32. The number of amides is 1. The van der Waals surface area contributed by atoms with Gasteiger partial charge in [0.25, 0.3) is 5.91 Å². The molecule has 3 saturated heterocycles. The van der Waals surface area contributed by atoms with Gasteiger partial charge in [-0.3, -0.25) is 14.7 Å². The highest BCUT2D eigenvalue weighted by molar-refractivity contribution is 7.19. The summed E-state index contributed by atoms with van der Waals surface area (Å²) in [6.45, 7) is 4.35. The lowest BCUT2D eigenvalue weighted by atomic mass is 9.79. The van der Waals surface area contributed by atoms with Crippen LogP contribution in [-0.4, -0.2) is 52.7 Å². The second-order valence-corrected chi connectivity index (χ2v) is 7.87. The Morgan fingerprint density at radius 1 is 1.44 bits per heavy atom. The number of piperidine rings is 3. The number of pyridine rings is 1. The minimum absolute atomic E-state index is 0.0936. The molecule has 0 saturated carbocycles. The zero-order chi connectivity index (χ0) is 17.4. The second kappa shape index (κ2) is 6.75. The molecule has 0 unspecified atom stereocenters. The lowest BCUT2D eigenvalue weighted by Gasteiger charge is -2.49. The van der Waals surface area contributed by atoms with Crippen LogP contribution in [-0.2, 0) is 0 Å². The fourth-order valence-corrected chi connectivity index (χ4v) is 4.96. The van der Waals surface area contributed by atoms with Crippen LogP contribution < -0.4 is 5.32 Å². The molecule has 0 spiro atoms. The highest BCUT2D eigenvalue weighted by atomic mass is 32.1. The number of thiophene rings is 1. The molecule has 130 valence electrons. The molecule has 5 nitrogen and oxygen atoms in total. The van der Waals surface area contributed by atoms with Crippen molar-refractivity contribution in [1.82, 2.24) is 15.2 Å². The van der Waals surface area contributed by atoms with E-state index in [1.54, 1.807) is 6.20 Å². The van der Waals surface area contributed by atoms with Gasteiger partial charge >= 0.3 is 0 Å². The molecular weight excluding hydrogens is 334 g/mol. The van der Waals surface area contributed by atoms with Crippen molar-refractivity contribution >= 4 is 27.3 Å². The lowest BCUT2D eigenvalue weighted by Crippen LogP contribution is -2.62. The first-order valence-electron chi connectivity index (χ1n) is 8.70. The van der Waals surface area contributed by atoms with Crippen molar-refractivity contribution in [3.05, 3.63) is 28.9 Å². The number of carbonyl (C=O) groups excluding carboxylic acids is 1. The predicted molar refractivity (Wildman–Crippen MR) is 98.6 cm³/mol. The Morgan fingerprint density at radius 3 is 2.96 bits per heavy atom. The molecule has 0 aliphatic carbocycles. The normalized spacial score (nSPS) is 27.8. The molecule has 5 heterocycles. The van der Waals surface area contributed by atoms with E-state index < -0.39 is 0 Å². The molecule has 0 radical (unpaired) electrons. The lowest BCUT2D eigenvalue weighted by molar-refractivity contribution is 0.0216. The number of aromatic nitrogens is 1. The van der Waals surface area contributed by atoms with E-state index in [9.17, 15) is 4.79 Å². The van der Waals surface area contributed by atoms with Crippen LogP contribution in [0.25, 0.3) is 10.1 Å². The Balaban J connectivity index is 1.53. The van der Waals surface area contributed by atoms with Gasteiger partial charge < -0.3 is 10.4 Å². The Kier molecular flexibility index (Phi) is 4.46. The van der Waals surface area contributed by atoms with Crippen molar-refractivity contribution in [2.75, 3.05) is 19.7 Å². The minimum atomic E-state index is -0.155. The third-order valence-corrected chi connectivity index (χ3v) is 6.41. The van der Waals surface area contributed by atoms with E-state index in [2.05, 4.69) is 34.0 Å². The number of aliphatic hydroxyl groups excluding tert-OH is 1. The maximum absolute atomic E-state index is 12.7. The van der Waals surface area contributed by atoms with E-state index >= 15 is 0 Å². The second-order valence-electron chi connectivity index (χ2n) is 6.79. The van der Waals surface area contributed by atoms with Gasteiger partial charge in [0.1, 0.15) is 12.3 Å². The van der Waals surface area contributed by atoms with E-state index in [-0.39, 0.29) is 18.6 Å². The van der Waals surface area contributed by atoms with E-state index in [0.717, 1.165) is 28.1 Å². The summed E-state index contributed by atoms with van der Waals surface area (Å²) in [5.74, 6) is 6.04. The third kappa shape index (κ3) is 3.15. The number of aliphatic hydroxyl groups is 1. The number of rotatable bonds is 2. The first-order chi connectivity index (χ1) is 12.2. The summed E-state index contributed by atoms with van der Waals surface area (Å²) in [5.41, 5.74) is 0.458. The zero-order valence-electron chi connectivity index (χ0n) is 14.2. The topological polar surface area (TPSA) is 65.5 Å². The number of fused-ring (bicyclic) bond motifs is 4. The van der Waals surface area contributed by atoms with Gasteiger partial charge in [-0.1, -0.05) is 11.8 Å². The van der Waals surface area contributed by atoms with Crippen molar-refractivity contribution in [3.8, 4) is 11.8 Å². The summed E-state index contributed by atoms with van der Waals surface area (Å²) in [7, 11) is 0. The van der Waals surface area contributed by atoms with E-state index in [4.69, 9.17) is 5.11 Å². The monoisotopic (exact) mass is 355 g/mol. The van der Waals surface area contributed by atoms with Gasteiger partial charge in [0.05, 0.1) is 4.88 Å². The number of hydrogen-bond acceptors (Lipinski definition) is 5. The van der Waals surface area contributed by atoms with Gasteiger partial charge in [-0.15, -0.1) is 11.3 Å². The Bertz CT molecular complexity index is 856. The van der Waals surface area contributed by atoms with Crippen LogP contribution in [0.15, 0.2) is 18.3 Å². The molecule has 3 aliphatic rings. The maximum Gasteiger partial charge on any atom is 0.270 e. The Morgan fingerprint density at radius 2 is 2.24 bits per heavy atom. The van der Waals surface area contributed by atoms with Gasteiger partial charge in [-0.2, -0.15) is 0 Å². The van der Waals surface area contributed by atoms with Crippen molar-refractivity contribution in [3.63, 3.8) is 0 Å². The van der Waals surface area contributed by atoms with Crippen LogP contribution in [0.2, 0.25) is 0 Å². The summed E-state index contributed by atoms with van der Waals surface area (Å²) in [6, 6.07) is 4.38. The molecule has 6 heteroatoms. The molecule has 1 amide bonds. The Hall–Kier alpha value is -1.94. The van der Waals surface area contributed by atoms with Crippen LogP contribution in [0, 0.1) is 17.8 Å². The Labute approximate surface area is 151 Å². The SMILES string of the molecule is C[C@H]1[C@H](NC(=O)c2cc3sc(C#CCO)cc3cn2)C2CCN1CC2. The largest absolute Gasteiger partial charge is 0.384 e. The van der Waals surface area contributed by atoms with E-state index in [1.807, 2.05) is 12.1 Å². The van der Waals surface area contributed by atoms with Gasteiger partial charge in [0, 0.05) is 28.4 Å². The molecule has 3 aliphatic heterocycles. The highest BCUT2D eigenvalue weighted by Gasteiger charge is 2.40. The summed E-state index contributed by atoms with van der Waals surface area (Å²) < 4.78 is 0.990. The smallest absolute Gasteiger partial charge is 0.270 e. The fourth-order valence-electron chi connectivity index (χ4n) is 4.02. The molecule has 3 fully saturated rings. The summed E-state index contributed by atoms with van der Waals surface area (Å²) in [4.78, 5) is 20.4. The average Bonchev–Trinajstić information content (AvgIpc) is 3.05. The van der Waals surface area contributed by atoms with E-state index in [0.29, 0.717) is 17.7 Å². The molecule has 2 N–H and O–H groups in total. The molecule has 25 heavy (non-hydrogen) atoms. The number of carbonyl (C=O) groups is 1. The molecule has 5 rings (SSSR count). The van der Waals surface area contributed by atoms with Crippen molar-refractivity contribution in [2.45, 2.75) is 31.8 Å². The number of nitrogens with zero attached hydrogens (tertiary/aromatic N) is 2. The summed E-state index contributed by atoms with van der Waals surface area (Å²) >= 11 is 1.51. The first kappa shape index (κ1) is 16.5. The van der Waals surface area contributed by atoms with Crippen LogP contribution in [0.3, 0.4) is 0 Å². The molecule has 2 atom stereocenters. The van der Waals surface area contributed by atoms with Crippen LogP contribution in [0.5, 0.6) is 0 Å². The quantitative estimate of drug-likeness (QED) is 0.807. The predicted octanol–water partition coefficient (Wildman–Crippen LogP) is 1.85. The molecule has 2 aromatic heterocycles. The van der Waals surface area contributed by atoms with Crippen molar-refractivity contribution < 1.29 is 9.90 Å². The first-order valence-corrected chi connectivity index (χ1v) is 9.51. The molecule has 2 bridgehead atoms. The van der Waals surface area contributed by atoms with Gasteiger partial charge in [0.15, 0.2) is 0 Å². The van der Waals surface area contributed by atoms with Gasteiger partial charge in [-0.05, 0) is 50.9 Å². The average molecular weight is 355 g/mol. The minimum Gasteiger partial charge on any atom is -0.384 e. The summed E-state index contributed by atoms with van der Waals surface area (Å²) in [6.07, 6.45) is 4.06. The zero-order valence-corrected chi connectivity index (χ0v) is 15.0. The molecule has 0 aromatic carbocycles. The number of hydrogen-bond donors (Lipinski definition) is 2. The third-order valence-electron chi connectivity index (χ3n) is 5.40. The van der Waals surface area contributed by atoms with Crippen LogP contribution >= 0.6 is 11.3 Å². The van der Waals surface area contributed by atoms with Crippen molar-refractivity contribution in [1.29, 1.82) is 0 Å². The molecule has 2 aromatic rings.